The van der Waals surface area contributed by atoms with Gasteiger partial charge in [0.05, 0.1) is 16.3 Å². The fourth-order valence-electron chi connectivity index (χ4n) is 2.08. The van der Waals surface area contributed by atoms with Crippen LogP contribution in [0.15, 0.2) is 48.1 Å². The standard InChI is InChI=1S/C14H10FN3O2S/c15-13-10(3-1-4-11(13)18(19)20)9-17-7-6-16-14(17)12-5-2-8-21-12/h1-8H,9H2. The number of benzene rings is 1. The fraction of sp³-hybridized carbons (Fsp3) is 0.0714. The molecule has 0 aliphatic heterocycles. The van der Waals surface area contributed by atoms with E-state index in [9.17, 15) is 14.5 Å². The zero-order valence-corrected chi connectivity index (χ0v) is 11.6. The summed E-state index contributed by atoms with van der Waals surface area (Å²) in [6.07, 6.45) is 3.36. The number of hydrogen-bond acceptors (Lipinski definition) is 4. The van der Waals surface area contributed by atoms with Crippen LogP contribution in [0, 0.1) is 15.9 Å². The summed E-state index contributed by atoms with van der Waals surface area (Å²) in [6.45, 7) is 0.195. The second-order valence-corrected chi connectivity index (χ2v) is 5.31. The number of thiophene rings is 1. The second-order valence-electron chi connectivity index (χ2n) is 4.36. The summed E-state index contributed by atoms with van der Waals surface area (Å²) in [5.74, 6) is -0.0794. The maximum absolute atomic E-state index is 14.1. The largest absolute Gasteiger partial charge is 0.326 e. The number of nitro groups is 1. The van der Waals surface area contributed by atoms with E-state index in [0.29, 0.717) is 0 Å². The first-order chi connectivity index (χ1) is 10.2. The van der Waals surface area contributed by atoms with Crippen LogP contribution in [0.4, 0.5) is 10.1 Å². The van der Waals surface area contributed by atoms with E-state index in [4.69, 9.17) is 0 Å². The van der Waals surface area contributed by atoms with Crippen molar-refractivity contribution in [3.63, 3.8) is 0 Å². The number of aromatic nitrogens is 2. The van der Waals surface area contributed by atoms with Gasteiger partial charge in [-0.1, -0.05) is 18.2 Å². The van der Waals surface area contributed by atoms with Crippen LogP contribution in [-0.2, 0) is 6.54 Å². The van der Waals surface area contributed by atoms with E-state index in [1.165, 1.54) is 17.4 Å². The highest BCUT2D eigenvalue weighted by atomic mass is 32.1. The van der Waals surface area contributed by atoms with Gasteiger partial charge in [-0.25, -0.2) is 4.98 Å². The first-order valence-corrected chi connectivity index (χ1v) is 7.01. The van der Waals surface area contributed by atoms with Crippen LogP contribution < -0.4 is 0 Å². The van der Waals surface area contributed by atoms with E-state index in [-0.39, 0.29) is 12.1 Å². The van der Waals surface area contributed by atoms with Gasteiger partial charge in [-0.15, -0.1) is 11.3 Å². The molecule has 3 rings (SSSR count). The molecule has 0 N–H and O–H groups in total. The van der Waals surface area contributed by atoms with Crippen molar-refractivity contribution in [3.8, 4) is 10.7 Å². The van der Waals surface area contributed by atoms with Crippen molar-refractivity contribution in [2.24, 2.45) is 0 Å². The third-order valence-corrected chi connectivity index (χ3v) is 3.92. The minimum atomic E-state index is -0.798. The highest BCUT2D eigenvalue weighted by Gasteiger charge is 2.18. The summed E-state index contributed by atoms with van der Waals surface area (Å²) >= 11 is 1.53. The first kappa shape index (κ1) is 13.4. The molecule has 0 unspecified atom stereocenters. The van der Waals surface area contributed by atoms with Crippen LogP contribution in [-0.4, -0.2) is 14.5 Å². The van der Waals surface area contributed by atoms with Gasteiger partial charge in [0.15, 0.2) is 0 Å². The molecule has 0 spiro atoms. The van der Waals surface area contributed by atoms with Crippen molar-refractivity contribution in [2.75, 3.05) is 0 Å². The summed E-state index contributed by atoms with van der Waals surface area (Å²) < 4.78 is 15.9. The lowest BCUT2D eigenvalue weighted by atomic mass is 10.2. The number of imidazole rings is 1. The van der Waals surface area contributed by atoms with Gasteiger partial charge in [0.2, 0.25) is 5.82 Å². The lowest BCUT2D eigenvalue weighted by Gasteiger charge is -2.08. The Labute approximate surface area is 123 Å². The van der Waals surface area contributed by atoms with Gasteiger partial charge in [-0.3, -0.25) is 10.1 Å². The van der Waals surface area contributed by atoms with E-state index in [0.717, 1.165) is 16.8 Å². The topological polar surface area (TPSA) is 61.0 Å². The molecule has 0 fully saturated rings. The molecule has 5 nitrogen and oxygen atoms in total. The molecule has 7 heteroatoms. The van der Waals surface area contributed by atoms with Crippen LogP contribution in [0.2, 0.25) is 0 Å². The lowest BCUT2D eigenvalue weighted by Crippen LogP contribution is -2.04. The molecule has 0 bridgehead atoms. The van der Waals surface area contributed by atoms with E-state index < -0.39 is 16.4 Å². The van der Waals surface area contributed by atoms with Crippen molar-refractivity contribution >= 4 is 17.0 Å². The lowest BCUT2D eigenvalue weighted by molar-refractivity contribution is -0.387. The van der Waals surface area contributed by atoms with Gasteiger partial charge in [0, 0.05) is 24.0 Å². The zero-order chi connectivity index (χ0) is 14.8. The molecular weight excluding hydrogens is 293 g/mol. The van der Waals surface area contributed by atoms with Gasteiger partial charge in [-0.2, -0.15) is 4.39 Å². The summed E-state index contributed by atoms with van der Waals surface area (Å²) in [5.41, 5.74) is -0.245. The van der Waals surface area contributed by atoms with Gasteiger partial charge < -0.3 is 4.57 Å². The molecule has 0 amide bonds. The van der Waals surface area contributed by atoms with Crippen LogP contribution in [0.1, 0.15) is 5.56 Å². The Morgan fingerprint density at radius 2 is 2.19 bits per heavy atom. The molecule has 2 heterocycles. The van der Waals surface area contributed by atoms with Crippen LogP contribution in [0.25, 0.3) is 10.7 Å². The molecule has 0 atom stereocenters. The number of hydrogen-bond donors (Lipinski definition) is 0. The first-order valence-electron chi connectivity index (χ1n) is 6.13. The van der Waals surface area contributed by atoms with E-state index in [1.807, 2.05) is 17.5 Å². The number of halogens is 1. The molecule has 0 saturated heterocycles. The maximum atomic E-state index is 14.1. The van der Waals surface area contributed by atoms with Crippen molar-refractivity contribution < 1.29 is 9.31 Å². The van der Waals surface area contributed by atoms with Crippen molar-refractivity contribution in [2.45, 2.75) is 6.54 Å². The molecular formula is C14H10FN3O2S. The monoisotopic (exact) mass is 303 g/mol. The molecule has 21 heavy (non-hydrogen) atoms. The molecule has 0 aliphatic rings. The molecule has 0 radical (unpaired) electrons. The smallest absolute Gasteiger partial charge is 0.305 e. The van der Waals surface area contributed by atoms with Gasteiger partial charge >= 0.3 is 5.69 Å². The average Bonchev–Trinajstić information content (AvgIpc) is 3.11. The Bertz CT molecular complexity index is 783. The fourth-order valence-corrected chi connectivity index (χ4v) is 2.82. The molecule has 106 valence electrons. The van der Waals surface area contributed by atoms with Gasteiger partial charge in [0.1, 0.15) is 5.82 Å². The van der Waals surface area contributed by atoms with Crippen LogP contribution in [0.3, 0.4) is 0 Å². The Morgan fingerprint density at radius 1 is 1.33 bits per heavy atom. The molecule has 0 saturated carbocycles. The highest BCUT2D eigenvalue weighted by molar-refractivity contribution is 7.13. The van der Waals surface area contributed by atoms with Gasteiger partial charge in [-0.05, 0) is 11.4 Å². The van der Waals surface area contributed by atoms with Crippen LogP contribution in [0.5, 0.6) is 0 Å². The molecule has 0 aliphatic carbocycles. The second kappa shape index (κ2) is 5.45. The summed E-state index contributed by atoms with van der Waals surface area (Å²) in [7, 11) is 0. The number of nitrogens with zero attached hydrogens (tertiary/aromatic N) is 3. The molecule has 1 aromatic carbocycles. The van der Waals surface area contributed by atoms with E-state index in [2.05, 4.69) is 4.98 Å². The quantitative estimate of drug-likeness (QED) is 0.545. The Balaban J connectivity index is 1.97. The van der Waals surface area contributed by atoms with E-state index >= 15 is 0 Å². The normalized spacial score (nSPS) is 10.7. The summed E-state index contributed by atoms with van der Waals surface area (Å²) in [4.78, 5) is 15.3. The molecule has 3 aromatic rings. The predicted molar refractivity (Wildman–Crippen MR) is 77.7 cm³/mol. The Hall–Kier alpha value is -2.54. The Morgan fingerprint density at radius 3 is 2.90 bits per heavy atom. The number of rotatable bonds is 4. The average molecular weight is 303 g/mol. The third kappa shape index (κ3) is 2.55. The SMILES string of the molecule is O=[N+]([O-])c1cccc(Cn2ccnc2-c2cccs2)c1F. The predicted octanol–water partition coefficient (Wildman–Crippen LogP) is 3.71. The molecule has 2 aromatic heterocycles. The van der Waals surface area contributed by atoms with Crippen molar-refractivity contribution in [1.29, 1.82) is 0 Å². The van der Waals surface area contributed by atoms with Crippen molar-refractivity contribution in [3.05, 3.63) is 69.6 Å². The third-order valence-electron chi connectivity index (χ3n) is 3.05. The minimum Gasteiger partial charge on any atom is -0.326 e. The maximum Gasteiger partial charge on any atom is 0.305 e. The van der Waals surface area contributed by atoms with Crippen LogP contribution >= 0.6 is 11.3 Å². The van der Waals surface area contributed by atoms with Crippen molar-refractivity contribution in [1.82, 2.24) is 9.55 Å². The minimum absolute atomic E-state index is 0.195. The Kier molecular flexibility index (Phi) is 3.49. The highest BCUT2D eigenvalue weighted by Crippen LogP contribution is 2.25. The zero-order valence-electron chi connectivity index (χ0n) is 10.8. The van der Waals surface area contributed by atoms with Gasteiger partial charge in [0.25, 0.3) is 0 Å². The number of nitro benzene ring substituents is 1. The van der Waals surface area contributed by atoms with E-state index in [1.54, 1.807) is 23.0 Å². The summed E-state index contributed by atoms with van der Waals surface area (Å²) in [5, 5.41) is 12.7. The summed E-state index contributed by atoms with van der Waals surface area (Å²) in [6, 6.07) is 8.02.